The molecule has 1 saturated heterocycles. The number of rotatable bonds is 10. The lowest BCUT2D eigenvalue weighted by Gasteiger charge is -2.26. The van der Waals surface area contributed by atoms with Gasteiger partial charge in [-0.25, -0.2) is 4.79 Å². The fraction of sp³-hybridized carbons (Fsp3) is 0.364. The summed E-state index contributed by atoms with van der Waals surface area (Å²) in [6, 6.07) is 12.1. The van der Waals surface area contributed by atoms with Crippen LogP contribution in [0.5, 0.6) is 0 Å². The van der Waals surface area contributed by atoms with Gasteiger partial charge >= 0.3 is 6.03 Å². The SMILES string of the molecule is CCN(CC(=O)NCc1cccs1)CC(=O)NN1C(=O)NC(CC)(c2ccccc2)C1=O. The minimum Gasteiger partial charge on any atom is -0.350 e. The average molecular weight is 458 g/mol. The number of hydrogen-bond donors (Lipinski definition) is 3. The summed E-state index contributed by atoms with van der Waals surface area (Å²) in [5, 5.41) is 8.19. The van der Waals surface area contributed by atoms with Gasteiger partial charge in [-0.15, -0.1) is 11.3 Å². The monoisotopic (exact) mass is 457 g/mol. The number of nitrogens with zero attached hydrogens (tertiary/aromatic N) is 2. The van der Waals surface area contributed by atoms with E-state index in [1.165, 1.54) is 0 Å². The number of nitrogens with one attached hydrogen (secondary N) is 3. The highest BCUT2D eigenvalue weighted by Gasteiger charge is 2.52. The molecule has 1 aromatic heterocycles. The van der Waals surface area contributed by atoms with E-state index < -0.39 is 23.4 Å². The van der Waals surface area contributed by atoms with E-state index >= 15 is 0 Å². The Kier molecular flexibility index (Phi) is 7.60. The van der Waals surface area contributed by atoms with Gasteiger partial charge in [0.15, 0.2) is 0 Å². The molecular formula is C22H27N5O4S. The Balaban J connectivity index is 1.57. The van der Waals surface area contributed by atoms with Crippen molar-refractivity contribution in [3.63, 3.8) is 0 Å². The van der Waals surface area contributed by atoms with Crippen LogP contribution in [0, 0.1) is 0 Å². The minimum absolute atomic E-state index is 0.0261. The standard InChI is InChI=1S/C22H27N5O4S/c1-3-22(16-9-6-5-7-10-16)20(30)27(21(31)24-22)25-19(29)15-26(4-2)14-18(28)23-13-17-11-8-12-32-17/h5-12H,3-4,13-15H2,1-2H3,(H,23,28)(H,24,31)(H,25,29). The summed E-state index contributed by atoms with van der Waals surface area (Å²) in [6.45, 7) is 4.39. The molecule has 1 aliphatic rings. The zero-order chi connectivity index (χ0) is 23.1. The Bertz CT molecular complexity index is 966. The number of likely N-dealkylation sites (N-methyl/N-ethyl adjacent to an activating group) is 1. The van der Waals surface area contributed by atoms with Crippen LogP contribution in [0.15, 0.2) is 47.8 Å². The molecule has 1 unspecified atom stereocenters. The largest absolute Gasteiger partial charge is 0.350 e. The number of benzene rings is 1. The average Bonchev–Trinajstić information content (AvgIpc) is 3.40. The molecule has 1 aliphatic heterocycles. The topological polar surface area (TPSA) is 111 Å². The lowest BCUT2D eigenvalue weighted by atomic mass is 9.87. The third-order valence-electron chi connectivity index (χ3n) is 5.35. The molecule has 3 N–H and O–H groups in total. The molecule has 170 valence electrons. The molecule has 1 atom stereocenters. The molecule has 3 rings (SSSR count). The molecule has 0 aliphatic carbocycles. The number of carbonyl (C=O) groups excluding carboxylic acids is 4. The molecule has 0 saturated carbocycles. The molecule has 0 spiro atoms. The van der Waals surface area contributed by atoms with E-state index in [0.29, 0.717) is 25.1 Å². The van der Waals surface area contributed by atoms with Crippen molar-refractivity contribution in [3.05, 3.63) is 58.3 Å². The fourth-order valence-electron chi connectivity index (χ4n) is 3.54. The van der Waals surface area contributed by atoms with Crippen molar-refractivity contribution in [1.29, 1.82) is 0 Å². The van der Waals surface area contributed by atoms with Gasteiger partial charge in [0, 0.05) is 4.88 Å². The second kappa shape index (κ2) is 10.4. The van der Waals surface area contributed by atoms with E-state index in [1.807, 2.05) is 30.5 Å². The van der Waals surface area contributed by atoms with Gasteiger partial charge in [0.2, 0.25) is 5.91 Å². The Morgan fingerprint density at radius 2 is 1.78 bits per heavy atom. The van der Waals surface area contributed by atoms with Gasteiger partial charge in [-0.1, -0.05) is 50.2 Å². The second-order valence-corrected chi connectivity index (χ2v) is 8.42. The number of thiophene rings is 1. The van der Waals surface area contributed by atoms with Gasteiger partial charge < -0.3 is 10.6 Å². The van der Waals surface area contributed by atoms with E-state index in [4.69, 9.17) is 0 Å². The summed E-state index contributed by atoms with van der Waals surface area (Å²) in [6.07, 6.45) is 0.333. The number of hydrazine groups is 1. The number of imide groups is 1. The normalized spacial score (nSPS) is 18.0. The van der Waals surface area contributed by atoms with Gasteiger partial charge in [0.1, 0.15) is 5.54 Å². The molecule has 1 aromatic carbocycles. The van der Waals surface area contributed by atoms with Crippen LogP contribution in [-0.2, 0) is 26.5 Å². The van der Waals surface area contributed by atoms with E-state index in [0.717, 1.165) is 9.89 Å². The highest BCUT2D eigenvalue weighted by molar-refractivity contribution is 7.09. The second-order valence-electron chi connectivity index (χ2n) is 7.39. The molecule has 0 radical (unpaired) electrons. The first-order chi connectivity index (χ1) is 15.4. The molecule has 32 heavy (non-hydrogen) atoms. The molecule has 10 heteroatoms. The maximum absolute atomic E-state index is 13.1. The van der Waals surface area contributed by atoms with Crippen LogP contribution in [0.2, 0.25) is 0 Å². The van der Waals surface area contributed by atoms with Crippen LogP contribution in [-0.4, -0.2) is 53.3 Å². The zero-order valence-corrected chi connectivity index (χ0v) is 18.9. The Hall–Kier alpha value is -3.24. The lowest BCUT2D eigenvalue weighted by molar-refractivity contribution is -0.140. The molecule has 1 fully saturated rings. The van der Waals surface area contributed by atoms with Crippen molar-refractivity contribution in [2.75, 3.05) is 19.6 Å². The van der Waals surface area contributed by atoms with Crippen LogP contribution in [0.1, 0.15) is 30.7 Å². The predicted molar refractivity (Wildman–Crippen MR) is 120 cm³/mol. The van der Waals surface area contributed by atoms with E-state index in [2.05, 4.69) is 16.1 Å². The summed E-state index contributed by atoms with van der Waals surface area (Å²) < 4.78 is 0. The third-order valence-corrected chi connectivity index (χ3v) is 6.22. The first-order valence-corrected chi connectivity index (χ1v) is 11.3. The summed E-state index contributed by atoms with van der Waals surface area (Å²) in [5.74, 6) is -1.31. The highest BCUT2D eigenvalue weighted by Crippen LogP contribution is 2.31. The van der Waals surface area contributed by atoms with Crippen LogP contribution >= 0.6 is 11.3 Å². The van der Waals surface area contributed by atoms with Gasteiger partial charge in [-0.3, -0.25) is 24.7 Å². The van der Waals surface area contributed by atoms with Crippen molar-refractivity contribution >= 4 is 35.1 Å². The van der Waals surface area contributed by atoms with Gasteiger partial charge in [-0.2, -0.15) is 5.01 Å². The molecule has 9 nitrogen and oxygen atoms in total. The number of amides is 5. The maximum atomic E-state index is 13.1. The molecule has 2 aromatic rings. The molecular weight excluding hydrogens is 430 g/mol. The lowest BCUT2D eigenvalue weighted by Crippen LogP contribution is -2.51. The summed E-state index contributed by atoms with van der Waals surface area (Å²) >= 11 is 1.55. The maximum Gasteiger partial charge on any atom is 0.344 e. The summed E-state index contributed by atoms with van der Waals surface area (Å²) in [4.78, 5) is 53.0. The molecule has 0 bridgehead atoms. The fourth-order valence-corrected chi connectivity index (χ4v) is 4.18. The van der Waals surface area contributed by atoms with Gasteiger partial charge in [0.25, 0.3) is 11.8 Å². The van der Waals surface area contributed by atoms with E-state index in [9.17, 15) is 19.2 Å². The molecule has 5 amide bonds. The van der Waals surface area contributed by atoms with Crippen molar-refractivity contribution in [1.82, 2.24) is 26.0 Å². The van der Waals surface area contributed by atoms with E-state index in [1.54, 1.807) is 47.4 Å². The quantitative estimate of drug-likeness (QED) is 0.469. The van der Waals surface area contributed by atoms with E-state index in [-0.39, 0.29) is 19.0 Å². The first-order valence-electron chi connectivity index (χ1n) is 10.4. The first kappa shape index (κ1) is 23.4. The van der Waals surface area contributed by atoms with Crippen LogP contribution in [0.25, 0.3) is 0 Å². The van der Waals surface area contributed by atoms with Crippen LogP contribution in [0.3, 0.4) is 0 Å². The Morgan fingerprint density at radius 1 is 1.06 bits per heavy atom. The summed E-state index contributed by atoms with van der Waals surface area (Å²) in [5.41, 5.74) is 1.81. The smallest absolute Gasteiger partial charge is 0.344 e. The van der Waals surface area contributed by atoms with Crippen molar-refractivity contribution in [2.45, 2.75) is 32.4 Å². The van der Waals surface area contributed by atoms with Crippen molar-refractivity contribution in [3.8, 4) is 0 Å². The van der Waals surface area contributed by atoms with Crippen molar-refractivity contribution in [2.24, 2.45) is 0 Å². The Labute approximate surface area is 190 Å². The van der Waals surface area contributed by atoms with Crippen LogP contribution in [0.4, 0.5) is 4.79 Å². The highest BCUT2D eigenvalue weighted by atomic mass is 32.1. The van der Waals surface area contributed by atoms with Gasteiger partial charge in [-0.05, 0) is 30.0 Å². The van der Waals surface area contributed by atoms with Crippen LogP contribution < -0.4 is 16.1 Å². The predicted octanol–water partition coefficient (Wildman–Crippen LogP) is 1.57. The Morgan fingerprint density at radius 3 is 2.41 bits per heavy atom. The molecule has 2 heterocycles. The summed E-state index contributed by atoms with van der Waals surface area (Å²) in [7, 11) is 0. The van der Waals surface area contributed by atoms with Gasteiger partial charge in [0.05, 0.1) is 19.6 Å². The number of urea groups is 1. The zero-order valence-electron chi connectivity index (χ0n) is 18.1. The van der Waals surface area contributed by atoms with Crippen molar-refractivity contribution < 1.29 is 19.2 Å². The third kappa shape index (κ3) is 5.14. The minimum atomic E-state index is -1.22. The number of hydrogen-bond acceptors (Lipinski definition) is 6. The number of carbonyl (C=O) groups is 4.